The molecule has 12 heteroatoms. The lowest BCUT2D eigenvalue weighted by atomic mass is 10.0. The summed E-state index contributed by atoms with van der Waals surface area (Å²) >= 11 is 5.95. The molecule has 10 nitrogen and oxygen atoms in total. The van der Waals surface area contributed by atoms with Gasteiger partial charge in [-0.2, -0.15) is 0 Å². The van der Waals surface area contributed by atoms with E-state index in [1.165, 1.54) is 4.90 Å². The number of nitrogens with one attached hydrogen (secondary N) is 3. The number of amides is 4. The first-order valence-corrected chi connectivity index (χ1v) is 16.4. The number of hydrogen-bond acceptors (Lipinski definition) is 6. The van der Waals surface area contributed by atoms with Crippen molar-refractivity contribution in [3.63, 3.8) is 0 Å². The summed E-state index contributed by atoms with van der Waals surface area (Å²) < 4.78 is 27.2. The van der Waals surface area contributed by atoms with Crippen LogP contribution in [-0.4, -0.2) is 66.4 Å². The van der Waals surface area contributed by atoms with Gasteiger partial charge in [0.25, 0.3) is 5.91 Å². The number of nitrogens with zero attached hydrogens (tertiary/aromatic N) is 1. The molecule has 2 aliphatic carbocycles. The third kappa shape index (κ3) is 6.94. The van der Waals surface area contributed by atoms with Crippen LogP contribution < -0.4 is 15.4 Å². The van der Waals surface area contributed by atoms with Gasteiger partial charge in [-0.3, -0.25) is 23.9 Å². The number of rotatable bonds is 6. The molecule has 0 aromatic heterocycles. The van der Waals surface area contributed by atoms with Gasteiger partial charge in [0.2, 0.25) is 27.7 Å². The molecular formula is C29H37ClN4O6S. The van der Waals surface area contributed by atoms with E-state index >= 15 is 0 Å². The van der Waals surface area contributed by atoms with Gasteiger partial charge < -0.3 is 15.5 Å². The summed E-state index contributed by atoms with van der Waals surface area (Å²) in [6, 6.07) is 5.36. The number of carbonyl (C=O) groups is 4. The van der Waals surface area contributed by atoms with Crippen molar-refractivity contribution < 1.29 is 27.6 Å². The third-order valence-corrected chi connectivity index (χ3v) is 10.5. The summed E-state index contributed by atoms with van der Waals surface area (Å²) in [4.78, 5) is 55.0. The van der Waals surface area contributed by atoms with Gasteiger partial charge in [0.1, 0.15) is 17.6 Å². The first kappa shape index (κ1) is 29.6. The van der Waals surface area contributed by atoms with Crippen molar-refractivity contribution in [3.05, 3.63) is 47.0 Å². The fourth-order valence-electron chi connectivity index (χ4n) is 5.81. The van der Waals surface area contributed by atoms with Gasteiger partial charge in [-0.15, -0.1) is 0 Å². The largest absolute Gasteiger partial charge is 0.344 e. The summed E-state index contributed by atoms with van der Waals surface area (Å²) in [7, 11) is -3.79. The molecule has 1 aromatic carbocycles. The van der Waals surface area contributed by atoms with Crippen LogP contribution in [0, 0.1) is 5.92 Å². The van der Waals surface area contributed by atoms with E-state index in [2.05, 4.69) is 15.4 Å². The van der Waals surface area contributed by atoms with E-state index in [-0.39, 0.29) is 24.2 Å². The van der Waals surface area contributed by atoms with Crippen LogP contribution in [0.5, 0.6) is 0 Å². The highest BCUT2D eigenvalue weighted by molar-refractivity contribution is 7.91. The van der Waals surface area contributed by atoms with E-state index in [1.54, 1.807) is 24.3 Å². The van der Waals surface area contributed by atoms with Crippen LogP contribution in [0.3, 0.4) is 0 Å². The molecule has 41 heavy (non-hydrogen) atoms. The number of benzene rings is 1. The van der Waals surface area contributed by atoms with Crippen LogP contribution in [0.2, 0.25) is 5.02 Å². The second-order valence-electron chi connectivity index (χ2n) is 11.6. The van der Waals surface area contributed by atoms with E-state index in [1.807, 2.05) is 12.2 Å². The number of halogens is 1. The average Bonchev–Trinajstić information content (AvgIpc) is 3.84. The zero-order chi connectivity index (χ0) is 29.2. The lowest BCUT2D eigenvalue weighted by Gasteiger charge is -2.30. The maximum Gasteiger partial charge on any atom is 0.259 e. The molecule has 2 aliphatic heterocycles. The van der Waals surface area contributed by atoms with Gasteiger partial charge >= 0.3 is 0 Å². The summed E-state index contributed by atoms with van der Waals surface area (Å²) in [6.45, 7) is 0.360. The maximum absolute atomic E-state index is 13.8. The Hall–Kier alpha value is -2.92. The zero-order valence-electron chi connectivity index (χ0n) is 22.9. The highest BCUT2D eigenvalue weighted by Crippen LogP contribution is 2.46. The minimum atomic E-state index is -3.79. The van der Waals surface area contributed by atoms with Crippen molar-refractivity contribution >= 4 is 45.3 Å². The minimum Gasteiger partial charge on any atom is -0.344 e. The second-order valence-corrected chi connectivity index (χ2v) is 14.0. The summed E-state index contributed by atoms with van der Waals surface area (Å²) in [5.41, 5.74) is -0.591. The standard InChI is InChI=1S/C29H37ClN4O6S/c30-21-12-10-19(11-13-21)17-25(35)31-23-8-5-3-1-2-4-7-20-18-29(20,28(38)33-41(39,40)22-14-15-22)32-26(36)24-9-6-16-34(24)27(23)37/h4,7,10-13,20,22-24H,1-3,5-6,8-9,14-18H2,(H,31,35)(H,32,36)(H,33,38)/t20-,23+,24?,29-/m1/s1. The number of hydrogen-bond donors (Lipinski definition) is 3. The first-order chi connectivity index (χ1) is 19.6. The van der Waals surface area contributed by atoms with Crippen LogP contribution >= 0.6 is 11.6 Å². The van der Waals surface area contributed by atoms with E-state index < -0.39 is 44.7 Å². The lowest BCUT2D eigenvalue weighted by molar-refractivity contribution is -0.142. The molecule has 4 atom stereocenters. The molecule has 0 bridgehead atoms. The fraction of sp³-hybridized carbons (Fsp3) is 0.586. The zero-order valence-corrected chi connectivity index (χ0v) is 24.5. The van der Waals surface area contributed by atoms with Gasteiger partial charge in [0.05, 0.1) is 11.7 Å². The molecular weight excluding hydrogens is 568 g/mol. The molecule has 222 valence electrons. The normalized spacial score (nSPS) is 28.9. The van der Waals surface area contributed by atoms with E-state index in [0.29, 0.717) is 50.1 Å². The predicted molar refractivity (Wildman–Crippen MR) is 153 cm³/mol. The second kappa shape index (κ2) is 12.1. The molecule has 2 saturated carbocycles. The Kier molecular flexibility index (Phi) is 8.75. The molecule has 5 rings (SSSR count). The number of carbonyl (C=O) groups excluding carboxylic acids is 4. The predicted octanol–water partition coefficient (Wildman–Crippen LogP) is 2.36. The lowest BCUT2D eigenvalue weighted by Crippen LogP contribution is -2.58. The molecule has 0 radical (unpaired) electrons. The van der Waals surface area contributed by atoms with E-state index in [9.17, 15) is 27.6 Å². The molecule has 4 amide bonds. The summed E-state index contributed by atoms with van der Waals surface area (Å²) in [5.74, 6) is -2.13. The number of sulfonamides is 1. The molecule has 2 heterocycles. The van der Waals surface area contributed by atoms with Crippen molar-refractivity contribution in [3.8, 4) is 0 Å². The summed E-state index contributed by atoms with van der Waals surface area (Å²) in [5, 5.41) is 5.75. The monoisotopic (exact) mass is 604 g/mol. The first-order valence-electron chi connectivity index (χ1n) is 14.5. The topological polar surface area (TPSA) is 142 Å². The smallest absolute Gasteiger partial charge is 0.259 e. The van der Waals surface area contributed by atoms with E-state index in [4.69, 9.17) is 11.6 Å². The Morgan fingerprint density at radius 1 is 1.02 bits per heavy atom. The van der Waals surface area contributed by atoms with Crippen molar-refractivity contribution in [2.24, 2.45) is 5.92 Å². The highest BCUT2D eigenvalue weighted by Gasteiger charge is 2.61. The third-order valence-electron chi connectivity index (χ3n) is 8.45. The molecule has 1 unspecified atom stereocenters. The van der Waals surface area contributed by atoms with Crippen LogP contribution in [0.15, 0.2) is 36.4 Å². The van der Waals surface area contributed by atoms with Crippen molar-refractivity contribution in [2.45, 2.75) is 93.5 Å². The van der Waals surface area contributed by atoms with Crippen molar-refractivity contribution in [1.82, 2.24) is 20.3 Å². The molecule has 1 aromatic rings. The Balaban J connectivity index is 1.32. The SMILES string of the molecule is O=C(Cc1ccc(Cl)cc1)N[C@H]1CCCCCC=C[C@@H]2C[C@@]2(C(=O)NS(=O)(=O)C2CC2)NC(=O)C2CCCN2C1=O. The van der Waals surface area contributed by atoms with Crippen molar-refractivity contribution in [2.75, 3.05) is 6.54 Å². The maximum atomic E-state index is 13.8. The van der Waals surface area contributed by atoms with Gasteiger partial charge in [0, 0.05) is 17.5 Å². The van der Waals surface area contributed by atoms with E-state index in [0.717, 1.165) is 31.2 Å². The number of fused-ring (bicyclic) bond motifs is 2. The molecule has 0 spiro atoms. The fourth-order valence-corrected chi connectivity index (χ4v) is 7.30. The average molecular weight is 605 g/mol. The Morgan fingerprint density at radius 3 is 2.51 bits per heavy atom. The van der Waals surface area contributed by atoms with Gasteiger partial charge in [0.15, 0.2) is 0 Å². The highest BCUT2D eigenvalue weighted by atomic mass is 35.5. The quantitative estimate of drug-likeness (QED) is 0.426. The Bertz CT molecular complexity index is 1330. The van der Waals surface area contributed by atoms with Gasteiger partial charge in [-0.05, 0) is 69.1 Å². The van der Waals surface area contributed by atoms with Gasteiger partial charge in [-0.25, -0.2) is 8.42 Å². The van der Waals surface area contributed by atoms with Crippen LogP contribution in [0.25, 0.3) is 0 Å². The molecule has 1 saturated heterocycles. The van der Waals surface area contributed by atoms with Crippen molar-refractivity contribution in [1.29, 1.82) is 0 Å². The molecule has 3 fully saturated rings. The van der Waals surface area contributed by atoms with Crippen LogP contribution in [-0.2, 0) is 35.6 Å². The molecule has 4 aliphatic rings. The van der Waals surface area contributed by atoms with Gasteiger partial charge in [-0.1, -0.05) is 48.7 Å². The molecule has 3 N–H and O–H groups in total. The number of allylic oxidation sites excluding steroid dienone is 1. The Morgan fingerprint density at radius 2 is 1.78 bits per heavy atom. The van der Waals surface area contributed by atoms with Crippen LogP contribution in [0.1, 0.15) is 69.8 Å². The Labute approximate surface area is 245 Å². The summed E-state index contributed by atoms with van der Waals surface area (Å²) in [6.07, 6.45) is 9.94. The van der Waals surface area contributed by atoms with Crippen LogP contribution in [0.4, 0.5) is 0 Å². The minimum absolute atomic E-state index is 0.0957.